The standard InChI is InChI=1S/C57H72F2N10O6/c1-74-56(72)64-49(34-14-6-3-7-15-34)54(70)67-28-12-18-47(67)52-60-41-22-20-36(30-43(41)62-52)45-24-25-46(69(45)38-32-39(58)51(40(59)33-38)66-26-10-5-11-27-66)37-21-23-42-44(31-37)63-53(61-42)48-19-13-29-68(48)55(71)50(65-57(73)75-2)35-16-8-4-9-17-35/h20-23,30-35,45-50H,3-19,24-29H2,1-2H3,(H,60,62)(H,61,63)(H,64,72)(H,65,73)/t45-,46-,47+,48+,49+,50+/m1/s1. The molecule has 400 valence electrons. The van der Waals surface area contributed by atoms with E-state index >= 15 is 8.78 Å². The van der Waals surface area contributed by atoms with Crippen LogP contribution in [0.5, 0.6) is 0 Å². The van der Waals surface area contributed by atoms with Gasteiger partial charge in [-0.2, -0.15) is 0 Å². The number of carbonyl (C=O) groups is 4. The van der Waals surface area contributed by atoms with E-state index in [1.54, 1.807) is 0 Å². The summed E-state index contributed by atoms with van der Waals surface area (Å²) in [5.41, 5.74) is 5.51. The Morgan fingerprint density at radius 3 is 1.43 bits per heavy atom. The van der Waals surface area contributed by atoms with E-state index < -0.39 is 35.9 Å². The normalized spacial score (nSPS) is 23.7. The lowest BCUT2D eigenvalue weighted by Gasteiger charge is -2.35. The summed E-state index contributed by atoms with van der Waals surface area (Å²) in [7, 11) is 2.64. The van der Waals surface area contributed by atoms with Gasteiger partial charge in [0.2, 0.25) is 11.8 Å². The maximum Gasteiger partial charge on any atom is 0.407 e. The minimum absolute atomic E-state index is 0.0275. The van der Waals surface area contributed by atoms with Crippen molar-refractivity contribution >= 4 is 57.4 Å². The van der Waals surface area contributed by atoms with E-state index in [4.69, 9.17) is 19.4 Å². The Balaban J connectivity index is 0.894. The second kappa shape index (κ2) is 22.0. The van der Waals surface area contributed by atoms with Crippen molar-refractivity contribution < 1.29 is 37.4 Å². The van der Waals surface area contributed by atoms with Crippen molar-refractivity contribution in [3.63, 3.8) is 0 Å². The number of ether oxygens (including phenoxy) is 2. The number of aromatic amines is 2. The van der Waals surface area contributed by atoms with Gasteiger partial charge >= 0.3 is 12.2 Å². The van der Waals surface area contributed by atoms with E-state index in [-0.39, 0.29) is 53.5 Å². The number of anilines is 2. The Labute approximate surface area is 437 Å². The number of rotatable bonds is 12. The summed E-state index contributed by atoms with van der Waals surface area (Å²) in [6, 6.07) is 12.8. The lowest BCUT2D eigenvalue weighted by Crippen LogP contribution is -2.52. The molecule has 6 aliphatic rings. The van der Waals surface area contributed by atoms with Crippen LogP contribution in [-0.2, 0) is 19.1 Å². The molecule has 0 radical (unpaired) electrons. The van der Waals surface area contributed by atoms with Crippen LogP contribution in [-0.4, -0.2) is 106 Å². The molecule has 4 saturated heterocycles. The first kappa shape index (κ1) is 50.7. The second-order valence-electron chi connectivity index (χ2n) is 22.0. The van der Waals surface area contributed by atoms with Crippen molar-refractivity contribution in [3.05, 3.63) is 82.9 Å². The van der Waals surface area contributed by atoms with E-state index in [0.717, 1.165) is 142 Å². The van der Waals surface area contributed by atoms with Crippen LogP contribution in [0.3, 0.4) is 0 Å². The van der Waals surface area contributed by atoms with Gasteiger partial charge in [-0.05, 0) is 143 Å². The topological polar surface area (TPSA) is 181 Å². The number of nitrogens with one attached hydrogen (secondary N) is 4. The molecule has 16 nitrogen and oxygen atoms in total. The van der Waals surface area contributed by atoms with E-state index in [0.29, 0.717) is 56.4 Å². The largest absolute Gasteiger partial charge is 0.453 e. The summed E-state index contributed by atoms with van der Waals surface area (Å²) in [6.45, 7) is 2.33. The number of nitrogens with zero attached hydrogens (tertiary/aromatic N) is 6. The van der Waals surface area contributed by atoms with Gasteiger partial charge < -0.3 is 49.7 Å². The molecule has 4 N–H and O–H groups in total. The molecule has 0 bridgehead atoms. The SMILES string of the molecule is COC(=O)N[C@H](C(=O)N1CCC[C@H]1c1nc2ccc([C@H]3CC[C@H](c4ccc5nc([C@@H]6CCCN6C(=O)[C@@H](NC(=O)OC)C6CCCCC6)[nH]c5c4)N3c3cc(F)c(N4CCCCC4)c(F)c3)cc2[nH]1)C1CCCCC1. The molecule has 0 spiro atoms. The highest BCUT2D eigenvalue weighted by molar-refractivity contribution is 5.88. The summed E-state index contributed by atoms with van der Waals surface area (Å²) < 4.78 is 43.0. The Morgan fingerprint density at radius 2 is 0.987 bits per heavy atom. The van der Waals surface area contributed by atoms with Crippen molar-refractivity contribution in [2.45, 2.75) is 158 Å². The zero-order chi connectivity index (χ0) is 51.7. The number of halogens is 2. The maximum absolute atomic E-state index is 16.5. The predicted molar refractivity (Wildman–Crippen MR) is 281 cm³/mol. The van der Waals surface area contributed by atoms with Crippen LogP contribution in [0, 0.1) is 23.5 Å². The molecule has 3 aromatic carbocycles. The molecule has 2 saturated carbocycles. The number of methoxy groups -OCH3 is 2. The molecule has 18 heteroatoms. The Bertz CT molecular complexity index is 2710. The third-order valence-corrected chi connectivity index (χ3v) is 17.6. The first-order valence-electron chi connectivity index (χ1n) is 27.9. The minimum atomic E-state index is -0.675. The number of hydrogen-bond donors (Lipinski definition) is 4. The van der Waals surface area contributed by atoms with Gasteiger partial charge in [-0.25, -0.2) is 28.3 Å². The number of alkyl carbamates (subject to hydrolysis) is 2. The molecule has 2 aromatic heterocycles. The molecule has 6 heterocycles. The highest BCUT2D eigenvalue weighted by atomic mass is 19.1. The zero-order valence-corrected chi connectivity index (χ0v) is 43.4. The number of hydrogen-bond acceptors (Lipinski definition) is 10. The van der Waals surface area contributed by atoms with Gasteiger partial charge in [0.15, 0.2) is 11.6 Å². The number of piperidine rings is 1. The minimum Gasteiger partial charge on any atom is -0.453 e. The van der Waals surface area contributed by atoms with Crippen molar-refractivity contribution in [3.8, 4) is 0 Å². The maximum atomic E-state index is 16.5. The van der Waals surface area contributed by atoms with Crippen molar-refractivity contribution in [1.29, 1.82) is 0 Å². The summed E-state index contributed by atoms with van der Waals surface area (Å²) in [5, 5.41) is 5.77. The van der Waals surface area contributed by atoms with Crippen LogP contribution in [0.25, 0.3) is 22.1 Å². The number of benzene rings is 3. The Morgan fingerprint density at radius 1 is 0.547 bits per heavy atom. The quantitative estimate of drug-likeness (QED) is 0.0939. The number of fused-ring (bicyclic) bond motifs is 2. The monoisotopic (exact) mass is 1030 g/mol. The molecule has 0 unspecified atom stereocenters. The van der Waals surface area contributed by atoms with Crippen LogP contribution < -0.4 is 20.4 Å². The lowest BCUT2D eigenvalue weighted by molar-refractivity contribution is -0.136. The highest BCUT2D eigenvalue weighted by Gasteiger charge is 2.43. The van der Waals surface area contributed by atoms with Crippen LogP contribution >= 0.6 is 0 Å². The molecule has 75 heavy (non-hydrogen) atoms. The fourth-order valence-corrected chi connectivity index (χ4v) is 13.8. The third-order valence-electron chi connectivity index (χ3n) is 17.6. The van der Waals surface area contributed by atoms with Crippen LogP contribution in [0.1, 0.15) is 169 Å². The Kier molecular flexibility index (Phi) is 14.9. The zero-order valence-electron chi connectivity index (χ0n) is 43.4. The number of likely N-dealkylation sites (tertiary alicyclic amines) is 2. The van der Waals surface area contributed by atoms with Crippen LogP contribution in [0.2, 0.25) is 0 Å². The van der Waals surface area contributed by atoms with Gasteiger partial charge in [0.05, 0.1) is 60.5 Å². The molecular weight excluding hydrogens is 959 g/mol. The van der Waals surface area contributed by atoms with Gasteiger partial charge in [0.1, 0.15) is 29.4 Å². The average Bonchev–Trinajstić information content (AvgIpc) is 4.31. The van der Waals surface area contributed by atoms with E-state index in [9.17, 15) is 19.2 Å². The number of aromatic nitrogens is 4. The lowest BCUT2D eigenvalue weighted by atomic mass is 9.83. The number of H-pyrrole nitrogens is 2. The predicted octanol–water partition coefficient (Wildman–Crippen LogP) is 10.7. The summed E-state index contributed by atoms with van der Waals surface area (Å²) >= 11 is 0. The van der Waals surface area contributed by atoms with E-state index in [1.807, 2.05) is 26.8 Å². The van der Waals surface area contributed by atoms with E-state index in [1.165, 1.54) is 26.4 Å². The molecular formula is C57H72F2N10O6. The number of imidazole rings is 2. The van der Waals surface area contributed by atoms with Gasteiger partial charge in [-0.3, -0.25) is 9.59 Å². The van der Waals surface area contributed by atoms with E-state index in [2.05, 4.69) is 49.8 Å². The Hall–Kier alpha value is -6.46. The first-order chi connectivity index (χ1) is 36.6. The van der Waals surface area contributed by atoms with Gasteiger partial charge in [-0.1, -0.05) is 50.7 Å². The second-order valence-corrected chi connectivity index (χ2v) is 22.0. The summed E-state index contributed by atoms with van der Waals surface area (Å²) in [5.74, 6) is 0.0678. The molecule has 6 atom stereocenters. The van der Waals surface area contributed by atoms with Crippen LogP contribution in [0.4, 0.5) is 29.7 Å². The molecule has 5 aromatic rings. The third kappa shape index (κ3) is 10.2. The first-order valence-corrected chi connectivity index (χ1v) is 27.9. The van der Waals surface area contributed by atoms with Gasteiger partial charge in [-0.15, -0.1) is 0 Å². The fourth-order valence-electron chi connectivity index (χ4n) is 13.8. The molecule has 2 aliphatic carbocycles. The highest BCUT2D eigenvalue weighted by Crippen LogP contribution is 2.49. The van der Waals surface area contributed by atoms with Crippen molar-refractivity contribution in [1.82, 2.24) is 40.4 Å². The number of carbonyl (C=O) groups excluding carboxylic acids is 4. The fraction of sp³-hybridized carbons (Fsp3) is 0.579. The summed E-state index contributed by atoms with van der Waals surface area (Å²) in [6.07, 6.45) is 15.9. The average molecular weight is 1030 g/mol. The smallest absolute Gasteiger partial charge is 0.407 e. The van der Waals surface area contributed by atoms with Gasteiger partial charge in [0.25, 0.3) is 0 Å². The molecule has 4 amide bonds. The van der Waals surface area contributed by atoms with Crippen molar-refractivity contribution in [2.24, 2.45) is 11.8 Å². The van der Waals surface area contributed by atoms with Crippen molar-refractivity contribution in [2.75, 3.05) is 50.2 Å². The molecule has 11 rings (SSSR count). The molecule has 6 fully saturated rings. The van der Waals surface area contributed by atoms with Gasteiger partial charge in [0, 0.05) is 31.9 Å². The molecule has 4 aliphatic heterocycles. The number of amides is 4. The summed E-state index contributed by atoms with van der Waals surface area (Å²) in [4.78, 5) is 78.9. The van der Waals surface area contributed by atoms with Crippen LogP contribution in [0.15, 0.2) is 48.5 Å².